The minimum Gasteiger partial charge on any atom is -0.443 e. The van der Waals surface area contributed by atoms with E-state index in [1.807, 2.05) is 30.3 Å². The second kappa shape index (κ2) is 4.86. The van der Waals surface area contributed by atoms with E-state index in [1.54, 1.807) is 7.05 Å². The van der Waals surface area contributed by atoms with Crippen LogP contribution in [0.2, 0.25) is 0 Å². The number of carbonyl (C=O) groups is 2. The summed E-state index contributed by atoms with van der Waals surface area (Å²) in [5, 5.41) is 2.61. The fourth-order valence-corrected chi connectivity index (χ4v) is 1.66. The topological polar surface area (TPSA) is 49.9 Å². The van der Waals surface area contributed by atoms with Gasteiger partial charge >= 0.3 is 6.09 Å². The zero-order valence-electron chi connectivity index (χ0n) is 9.63. The van der Waals surface area contributed by atoms with Crippen molar-refractivity contribution in [2.24, 2.45) is 0 Å². The van der Waals surface area contributed by atoms with Crippen molar-refractivity contribution in [2.75, 3.05) is 13.6 Å². The molecule has 0 saturated carbocycles. The summed E-state index contributed by atoms with van der Waals surface area (Å²) in [4.78, 5) is 22.9. The molecule has 1 aromatic carbocycles. The lowest BCUT2D eigenvalue weighted by Gasteiger charge is -2.22. The van der Waals surface area contributed by atoms with E-state index in [0.717, 1.165) is 5.56 Å². The number of amides is 2. The molecule has 0 aliphatic carbocycles. The van der Waals surface area contributed by atoms with Crippen LogP contribution < -0.4 is 0 Å². The van der Waals surface area contributed by atoms with Gasteiger partial charge < -0.3 is 4.74 Å². The van der Waals surface area contributed by atoms with Gasteiger partial charge in [0.05, 0.1) is 6.54 Å². The molecule has 0 bridgehead atoms. The number of rotatable bonds is 2. The maximum Gasteiger partial charge on any atom is 0.429 e. The Labute approximate surface area is 99.5 Å². The molecule has 0 N–H and O–H groups in total. The van der Waals surface area contributed by atoms with E-state index in [1.165, 1.54) is 10.0 Å². The zero-order chi connectivity index (χ0) is 12.3. The van der Waals surface area contributed by atoms with Crippen LogP contribution in [0.5, 0.6) is 0 Å². The average molecular weight is 234 g/mol. The standard InChI is InChI=1S/C12H14N2O3/c1-13-11(15)7-8-14(13)12(16)17-9-10-5-3-2-4-6-10/h2-6H,7-9H2,1H3. The maximum absolute atomic E-state index is 11.7. The molecule has 1 aliphatic heterocycles. The Balaban J connectivity index is 1.88. The number of hydrogen-bond acceptors (Lipinski definition) is 3. The number of ether oxygens (including phenoxy) is 1. The van der Waals surface area contributed by atoms with Crippen molar-refractivity contribution >= 4 is 12.0 Å². The zero-order valence-corrected chi connectivity index (χ0v) is 9.63. The molecule has 0 aromatic heterocycles. The Morgan fingerprint density at radius 1 is 1.35 bits per heavy atom. The Morgan fingerprint density at radius 2 is 2.06 bits per heavy atom. The summed E-state index contributed by atoms with van der Waals surface area (Å²) >= 11 is 0. The lowest BCUT2D eigenvalue weighted by molar-refractivity contribution is -0.134. The van der Waals surface area contributed by atoms with E-state index in [-0.39, 0.29) is 12.5 Å². The third-order valence-corrected chi connectivity index (χ3v) is 2.68. The minimum atomic E-state index is -0.484. The molecule has 5 heteroatoms. The largest absolute Gasteiger partial charge is 0.443 e. The van der Waals surface area contributed by atoms with Crippen molar-refractivity contribution < 1.29 is 14.3 Å². The number of carbonyl (C=O) groups excluding carboxylic acids is 2. The third-order valence-electron chi connectivity index (χ3n) is 2.68. The summed E-state index contributed by atoms with van der Waals surface area (Å²) in [5.74, 6) is -0.0679. The molecule has 1 heterocycles. The fraction of sp³-hybridized carbons (Fsp3) is 0.333. The van der Waals surface area contributed by atoms with Gasteiger partial charge in [-0.2, -0.15) is 0 Å². The first-order valence-corrected chi connectivity index (χ1v) is 5.43. The van der Waals surface area contributed by atoms with Crippen molar-refractivity contribution in [1.82, 2.24) is 10.0 Å². The predicted octanol–water partition coefficient (Wildman–Crippen LogP) is 1.40. The van der Waals surface area contributed by atoms with E-state index in [2.05, 4.69) is 0 Å². The molecule has 1 aromatic rings. The molecule has 0 unspecified atom stereocenters. The van der Waals surface area contributed by atoms with Gasteiger partial charge in [0.25, 0.3) is 0 Å². The smallest absolute Gasteiger partial charge is 0.429 e. The molecule has 1 fully saturated rings. The SMILES string of the molecule is CN1C(=O)CCN1C(=O)OCc1ccccc1. The highest BCUT2D eigenvalue weighted by Gasteiger charge is 2.30. The van der Waals surface area contributed by atoms with Gasteiger partial charge in [-0.05, 0) is 5.56 Å². The monoisotopic (exact) mass is 234 g/mol. The highest BCUT2D eigenvalue weighted by atomic mass is 16.6. The van der Waals surface area contributed by atoms with Crippen molar-refractivity contribution in [3.05, 3.63) is 35.9 Å². The van der Waals surface area contributed by atoms with E-state index in [9.17, 15) is 9.59 Å². The molecule has 0 radical (unpaired) electrons. The van der Waals surface area contributed by atoms with Crippen LogP contribution in [0.25, 0.3) is 0 Å². The Kier molecular flexibility index (Phi) is 3.27. The van der Waals surface area contributed by atoms with Crippen LogP contribution >= 0.6 is 0 Å². The number of hydrazine groups is 1. The van der Waals surface area contributed by atoms with Crippen LogP contribution in [0.4, 0.5) is 4.79 Å². The lowest BCUT2D eigenvalue weighted by Crippen LogP contribution is -2.40. The van der Waals surface area contributed by atoms with Gasteiger partial charge in [-0.1, -0.05) is 30.3 Å². The fourth-order valence-electron chi connectivity index (χ4n) is 1.66. The summed E-state index contributed by atoms with van der Waals surface area (Å²) in [6.07, 6.45) is -0.126. The van der Waals surface area contributed by atoms with Gasteiger partial charge in [0.15, 0.2) is 0 Å². The minimum absolute atomic E-state index is 0.0679. The molecule has 0 spiro atoms. The van der Waals surface area contributed by atoms with Gasteiger partial charge in [-0.3, -0.25) is 9.80 Å². The Hall–Kier alpha value is -2.04. The molecule has 1 saturated heterocycles. The van der Waals surface area contributed by atoms with Gasteiger partial charge in [0, 0.05) is 13.5 Å². The normalized spacial score (nSPS) is 15.2. The number of benzene rings is 1. The number of hydrogen-bond donors (Lipinski definition) is 0. The highest BCUT2D eigenvalue weighted by Crippen LogP contribution is 2.12. The second-order valence-corrected chi connectivity index (χ2v) is 3.83. The molecular weight excluding hydrogens is 220 g/mol. The van der Waals surface area contributed by atoms with Crippen molar-refractivity contribution in [2.45, 2.75) is 13.0 Å². The third kappa shape index (κ3) is 2.55. The molecular formula is C12H14N2O3. The number of nitrogens with zero attached hydrogens (tertiary/aromatic N) is 2. The van der Waals surface area contributed by atoms with Gasteiger partial charge in [0.1, 0.15) is 6.61 Å². The maximum atomic E-state index is 11.7. The van der Waals surface area contributed by atoms with Gasteiger partial charge in [0.2, 0.25) is 5.91 Å². The van der Waals surface area contributed by atoms with Crippen molar-refractivity contribution in [1.29, 1.82) is 0 Å². The van der Waals surface area contributed by atoms with Gasteiger partial charge in [-0.15, -0.1) is 0 Å². The second-order valence-electron chi connectivity index (χ2n) is 3.83. The summed E-state index contributed by atoms with van der Waals surface area (Å²) in [6, 6.07) is 9.43. The van der Waals surface area contributed by atoms with E-state index >= 15 is 0 Å². The van der Waals surface area contributed by atoms with Crippen LogP contribution in [-0.4, -0.2) is 35.6 Å². The molecule has 2 amide bonds. The molecule has 5 nitrogen and oxygen atoms in total. The quantitative estimate of drug-likeness (QED) is 0.777. The van der Waals surface area contributed by atoms with Crippen molar-refractivity contribution in [3.8, 4) is 0 Å². The van der Waals surface area contributed by atoms with Crippen LogP contribution in [0.1, 0.15) is 12.0 Å². The van der Waals surface area contributed by atoms with Gasteiger partial charge in [-0.25, -0.2) is 9.80 Å². The summed E-state index contributed by atoms with van der Waals surface area (Å²) in [6.45, 7) is 0.612. The van der Waals surface area contributed by atoms with Crippen molar-refractivity contribution in [3.63, 3.8) is 0 Å². The van der Waals surface area contributed by atoms with E-state index in [0.29, 0.717) is 13.0 Å². The van der Waals surface area contributed by atoms with Crippen LogP contribution in [0.15, 0.2) is 30.3 Å². The molecule has 90 valence electrons. The summed E-state index contributed by atoms with van der Waals surface area (Å²) in [7, 11) is 1.57. The first-order chi connectivity index (χ1) is 8.18. The molecule has 17 heavy (non-hydrogen) atoms. The Morgan fingerprint density at radius 3 is 2.65 bits per heavy atom. The van der Waals surface area contributed by atoms with E-state index < -0.39 is 6.09 Å². The van der Waals surface area contributed by atoms with Crippen LogP contribution in [-0.2, 0) is 16.1 Å². The molecule has 1 aliphatic rings. The molecule has 0 atom stereocenters. The molecule has 2 rings (SSSR count). The predicted molar refractivity (Wildman–Crippen MR) is 60.7 cm³/mol. The summed E-state index contributed by atoms with van der Waals surface area (Å²) < 4.78 is 5.12. The summed E-state index contributed by atoms with van der Waals surface area (Å²) in [5.41, 5.74) is 0.925. The average Bonchev–Trinajstić information content (AvgIpc) is 2.69. The first kappa shape index (κ1) is 11.4. The van der Waals surface area contributed by atoms with Crippen LogP contribution in [0, 0.1) is 0 Å². The van der Waals surface area contributed by atoms with Crippen LogP contribution in [0.3, 0.4) is 0 Å². The lowest BCUT2D eigenvalue weighted by atomic mass is 10.2. The first-order valence-electron chi connectivity index (χ1n) is 5.43. The Bertz CT molecular complexity index is 419. The van der Waals surface area contributed by atoms with E-state index in [4.69, 9.17) is 4.74 Å². The highest BCUT2D eigenvalue weighted by molar-refractivity contribution is 5.82.